The Morgan fingerprint density at radius 1 is 1.33 bits per heavy atom. The second-order valence-electron chi connectivity index (χ2n) is 3.65. The molecule has 0 aliphatic heterocycles. The minimum Gasteiger partial charge on any atom is -0.465 e. The number of hydrogen-bond donors (Lipinski definition) is 1. The molecule has 0 amide bonds. The van der Waals surface area contributed by atoms with Crippen molar-refractivity contribution in [3.05, 3.63) is 36.0 Å². The third kappa shape index (κ3) is 2.92. The van der Waals surface area contributed by atoms with E-state index in [0.717, 1.165) is 22.7 Å². The molecule has 0 saturated heterocycles. The fourth-order valence-corrected chi connectivity index (χ4v) is 2.19. The van der Waals surface area contributed by atoms with Crippen LogP contribution in [-0.2, 0) is 9.53 Å². The van der Waals surface area contributed by atoms with Crippen molar-refractivity contribution in [2.75, 3.05) is 12.4 Å². The number of rotatable bonds is 4. The standard InChI is InChI=1S/C13H13NO3S/c1-2-17-12(15)8-18-13(16)11-7-9-5-3-4-6-10(9)14-11/h3-7,14H,2,8H2,1H3. The maximum Gasteiger partial charge on any atom is 0.316 e. The number of aromatic nitrogens is 1. The zero-order valence-electron chi connectivity index (χ0n) is 9.93. The van der Waals surface area contributed by atoms with Crippen molar-refractivity contribution in [3.63, 3.8) is 0 Å². The quantitative estimate of drug-likeness (QED) is 0.861. The van der Waals surface area contributed by atoms with Crippen molar-refractivity contribution in [2.45, 2.75) is 6.92 Å². The lowest BCUT2D eigenvalue weighted by Crippen LogP contribution is -2.09. The van der Waals surface area contributed by atoms with Crippen LogP contribution < -0.4 is 0 Å². The molecule has 5 heteroatoms. The number of para-hydroxylation sites is 1. The number of nitrogens with one attached hydrogen (secondary N) is 1. The Kier molecular flexibility index (Phi) is 4.04. The molecule has 94 valence electrons. The molecule has 4 nitrogen and oxygen atoms in total. The van der Waals surface area contributed by atoms with Gasteiger partial charge < -0.3 is 9.72 Å². The van der Waals surface area contributed by atoms with Crippen LogP contribution in [0.25, 0.3) is 10.9 Å². The topological polar surface area (TPSA) is 59.2 Å². The van der Waals surface area contributed by atoms with Crippen LogP contribution >= 0.6 is 11.8 Å². The first-order valence-electron chi connectivity index (χ1n) is 5.61. The number of esters is 1. The normalized spacial score (nSPS) is 10.5. The Hall–Kier alpha value is -1.75. The number of fused-ring (bicyclic) bond motifs is 1. The average molecular weight is 263 g/mol. The highest BCUT2D eigenvalue weighted by Gasteiger charge is 2.12. The molecule has 2 rings (SSSR count). The van der Waals surface area contributed by atoms with E-state index in [4.69, 9.17) is 4.74 Å². The second kappa shape index (κ2) is 5.73. The minimum atomic E-state index is -0.369. The first-order valence-corrected chi connectivity index (χ1v) is 6.59. The molecular weight excluding hydrogens is 250 g/mol. The highest BCUT2D eigenvalue weighted by molar-refractivity contribution is 8.14. The van der Waals surface area contributed by atoms with E-state index >= 15 is 0 Å². The van der Waals surface area contributed by atoms with Crippen molar-refractivity contribution in [1.29, 1.82) is 0 Å². The Bertz CT molecular complexity index is 543. The molecule has 0 radical (unpaired) electrons. The van der Waals surface area contributed by atoms with E-state index in [0.29, 0.717) is 12.3 Å². The van der Waals surface area contributed by atoms with E-state index in [1.807, 2.05) is 24.3 Å². The molecule has 0 atom stereocenters. The number of benzene rings is 1. The summed E-state index contributed by atoms with van der Waals surface area (Å²) in [7, 11) is 0. The maximum absolute atomic E-state index is 11.8. The molecule has 0 fully saturated rings. The number of carbonyl (C=O) groups excluding carboxylic acids is 2. The Labute approximate surface area is 109 Å². The van der Waals surface area contributed by atoms with Crippen molar-refractivity contribution in [3.8, 4) is 0 Å². The van der Waals surface area contributed by atoms with Gasteiger partial charge in [-0.15, -0.1) is 0 Å². The second-order valence-corrected chi connectivity index (χ2v) is 4.60. The van der Waals surface area contributed by atoms with Gasteiger partial charge in [0.05, 0.1) is 18.1 Å². The summed E-state index contributed by atoms with van der Waals surface area (Å²) in [6.45, 7) is 2.07. The molecule has 1 N–H and O–H groups in total. The molecule has 1 aromatic carbocycles. The highest BCUT2D eigenvalue weighted by Crippen LogP contribution is 2.18. The summed E-state index contributed by atoms with van der Waals surface area (Å²) in [5, 5.41) is 0.830. The van der Waals surface area contributed by atoms with Crippen LogP contribution in [0.2, 0.25) is 0 Å². The van der Waals surface area contributed by atoms with Crippen LogP contribution in [0, 0.1) is 0 Å². The number of hydrogen-bond acceptors (Lipinski definition) is 4. The number of aromatic amines is 1. The third-order valence-corrected chi connectivity index (χ3v) is 3.24. The van der Waals surface area contributed by atoms with E-state index in [1.165, 1.54) is 0 Å². The van der Waals surface area contributed by atoms with Gasteiger partial charge in [0.2, 0.25) is 5.12 Å². The Balaban J connectivity index is 2.02. The summed E-state index contributed by atoms with van der Waals surface area (Å²) in [6.07, 6.45) is 0. The number of thioether (sulfide) groups is 1. The Morgan fingerprint density at radius 2 is 2.11 bits per heavy atom. The van der Waals surface area contributed by atoms with Crippen LogP contribution in [0.4, 0.5) is 0 Å². The third-order valence-electron chi connectivity index (χ3n) is 2.38. The molecule has 18 heavy (non-hydrogen) atoms. The molecule has 1 aromatic heterocycles. The molecular formula is C13H13NO3S. The maximum atomic E-state index is 11.8. The predicted octanol–water partition coefficient (Wildman–Crippen LogP) is 2.60. The van der Waals surface area contributed by atoms with Gasteiger partial charge in [-0.25, -0.2) is 0 Å². The summed E-state index contributed by atoms with van der Waals surface area (Å²) in [5.74, 6) is -0.325. The van der Waals surface area contributed by atoms with Crippen molar-refractivity contribution in [1.82, 2.24) is 4.98 Å². The molecule has 1 heterocycles. The molecule has 0 unspecified atom stereocenters. The SMILES string of the molecule is CCOC(=O)CSC(=O)c1cc2ccccc2[nH]1. The monoisotopic (exact) mass is 263 g/mol. The highest BCUT2D eigenvalue weighted by atomic mass is 32.2. The van der Waals surface area contributed by atoms with Gasteiger partial charge in [0.1, 0.15) is 0 Å². The van der Waals surface area contributed by atoms with E-state index in [2.05, 4.69) is 4.98 Å². The first-order chi connectivity index (χ1) is 8.70. The summed E-state index contributed by atoms with van der Waals surface area (Å²) < 4.78 is 4.76. The van der Waals surface area contributed by atoms with Crippen molar-refractivity contribution in [2.24, 2.45) is 0 Å². The van der Waals surface area contributed by atoms with Crippen LogP contribution in [-0.4, -0.2) is 28.4 Å². The van der Waals surface area contributed by atoms with Gasteiger partial charge in [0.25, 0.3) is 0 Å². The largest absolute Gasteiger partial charge is 0.465 e. The average Bonchev–Trinajstić information content (AvgIpc) is 2.80. The van der Waals surface area contributed by atoms with Gasteiger partial charge in [-0.1, -0.05) is 30.0 Å². The lowest BCUT2D eigenvalue weighted by atomic mass is 10.2. The van der Waals surface area contributed by atoms with Crippen molar-refractivity contribution < 1.29 is 14.3 Å². The van der Waals surface area contributed by atoms with Crippen LogP contribution in [0.15, 0.2) is 30.3 Å². The van der Waals surface area contributed by atoms with Crippen molar-refractivity contribution >= 4 is 33.7 Å². The zero-order chi connectivity index (χ0) is 13.0. The van der Waals surface area contributed by atoms with E-state index in [-0.39, 0.29) is 16.8 Å². The summed E-state index contributed by atoms with van der Waals surface area (Å²) in [4.78, 5) is 26.0. The smallest absolute Gasteiger partial charge is 0.316 e. The van der Waals surface area contributed by atoms with Gasteiger partial charge in [-0.3, -0.25) is 9.59 Å². The van der Waals surface area contributed by atoms with Gasteiger partial charge in [0.15, 0.2) is 0 Å². The number of H-pyrrole nitrogens is 1. The minimum absolute atomic E-state index is 0.0437. The molecule has 2 aromatic rings. The van der Waals surface area contributed by atoms with Crippen LogP contribution in [0.3, 0.4) is 0 Å². The summed E-state index contributed by atoms with van der Waals surface area (Å²) >= 11 is 0.948. The van der Waals surface area contributed by atoms with Crippen LogP contribution in [0.5, 0.6) is 0 Å². The van der Waals surface area contributed by atoms with Gasteiger partial charge >= 0.3 is 5.97 Å². The lowest BCUT2D eigenvalue weighted by molar-refractivity contribution is -0.139. The summed E-state index contributed by atoms with van der Waals surface area (Å²) in [6, 6.07) is 9.44. The van der Waals surface area contributed by atoms with Gasteiger partial charge in [0, 0.05) is 10.9 Å². The van der Waals surface area contributed by atoms with E-state index in [1.54, 1.807) is 13.0 Å². The Morgan fingerprint density at radius 3 is 2.83 bits per heavy atom. The molecule has 0 aliphatic rings. The zero-order valence-corrected chi connectivity index (χ0v) is 10.8. The van der Waals surface area contributed by atoms with E-state index in [9.17, 15) is 9.59 Å². The van der Waals surface area contributed by atoms with Gasteiger partial charge in [-0.2, -0.15) is 0 Å². The molecule has 0 aliphatic carbocycles. The summed E-state index contributed by atoms with van der Waals surface area (Å²) in [5.41, 5.74) is 1.42. The fraction of sp³-hybridized carbons (Fsp3) is 0.231. The van der Waals surface area contributed by atoms with E-state index < -0.39 is 0 Å². The fourth-order valence-electron chi connectivity index (χ4n) is 1.59. The predicted molar refractivity (Wildman–Crippen MR) is 71.7 cm³/mol. The molecule has 0 saturated carbocycles. The number of carbonyl (C=O) groups is 2. The van der Waals surface area contributed by atoms with Crippen LogP contribution in [0.1, 0.15) is 17.4 Å². The van der Waals surface area contributed by atoms with Gasteiger partial charge in [-0.05, 0) is 19.1 Å². The lowest BCUT2D eigenvalue weighted by Gasteiger charge is -1.99. The molecule has 0 spiro atoms. The first kappa shape index (κ1) is 12.7. The molecule has 0 bridgehead atoms. The number of ether oxygens (including phenoxy) is 1.